The van der Waals surface area contributed by atoms with Crippen LogP contribution in [0.1, 0.15) is 18.4 Å². The lowest BCUT2D eigenvalue weighted by atomic mass is 10.2. The number of aryl methyl sites for hydroxylation is 1. The van der Waals surface area contributed by atoms with Crippen molar-refractivity contribution in [3.63, 3.8) is 0 Å². The van der Waals surface area contributed by atoms with Crippen molar-refractivity contribution >= 4 is 33.2 Å². The second-order valence-corrected chi connectivity index (χ2v) is 7.24. The summed E-state index contributed by atoms with van der Waals surface area (Å²) in [5.74, 6) is 0.0982. The highest BCUT2D eigenvalue weighted by Gasteiger charge is 2.29. The molecule has 0 saturated heterocycles. The van der Waals surface area contributed by atoms with Crippen LogP contribution in [-0.4, -0.2) is 27.4 Å². The van der Waals surface area contributed by atoms with Crippen molar-refractivity contribution in [1.29, 1.82) is 0 Å². The third-order valence-corrected chi connectivity index (χ3v) is 5.18. The molecule has 0 heterocycles. The Kier molecular flexibility index (Phi) is 4.75. The molecule has 4 N–H and O–H groups in total. The van der Waals surface area contributed by atoms with Crippen LogP contribution in [0.15, 0.2) is 17.0 Å². The Bertz CT molecular complexity index is 657. The summed E-state index contributed by atoms with van der Waals surface area (Å²) >= 11 is 5.85. The molecule has 1 aromatic carbocycles. The molecule has 0 bridgehead atoms. The van der Waals surface area contributed by atoms with E-state index in [0.717, 1.165) is 12.8 Å². The minimum Gasteiger partial charge on any atom is -0.397 e. The van der Waals surface area contributed by atoms with Crippen molar-refractivity contribution in [2.75, 3.05) is 18.8 Å². The number of hydrogen-bond donors (Lipinski definition) is 3. The molecule has 21 heavy (non-hydrogen) atoms. The summed E-state index contributed by atoms with van der Waals surface area (Å²) in [6, 6.07) is 2.85. The second-order valence-electron chi connectivity index (χ2n) is 5.10. The van der Waals surface area contributed by atoms with Crippen molar-refractivity contribution in [3.05, 3.63) is 22.7 Å². The Labute approximate surface area is 129 Å². The van der Waals surface area contributed by atoms with Crippen molar-refractivity contribution < 1.29 is 13.2 Å². The third-order valence-electron chi connectivity index (χ3n) is 3.25. The Hall–Kier alpha value is -1.31. The van der Waals surface area contributed by atoms with E-state index in [4.69, 9.17) is 17.3 Å². The number of nitrogens with one attached hydrogen (secondary N) is 2. The average molecular weight is 332 g/mol. The number of sulfonamides is 1. The molecule has 0 atom stereocenters. The molecule has 0 aromatic heterocycles. The van der Waals surface area contributed by atoms with Gasteiger partial charge in [-0.25, -0.2) is 13.1 Å². The maximum atomic E-state index is 12.2. The molecule has 1 aliphatic rings. The van der Waals surface area contributed by atoms with E-state index in [1.807, 2.05) is 0 Å². The van der Waals surface area contributed by atoms with Crippen molar-refractivity contribution in [1.82, 2.24) is 10.0 Å². The molecule has 1 amide bonds. The van der Waals surface area contributed by atoms with Crippen LogP contribution < -0.4 is 15.8 Å². The normalized spacial score (nSPS) is 15.0. The molecular weight excluding hydrogens is 314 g/mol. The van der Waals surface area contributed by atoms with Crippen LogP contribution >= 0.6 is 11.6 Å². The Balaban J connectivity index is 1.95. The average Bonchev–Trinajstić information content (AvgIpc) is 3.23. The van der Waals surface area contributed by atoms with E-state index in [2.05, 4.69) is 10.0 Å². The predicted molar refractivity (Wildman–Crippen MR) is 81.5 cm³/mol. The number of hydrogen-bond acceptors (Lipinski definition) is 4. The van der Waals surface area contributed by atoms with Crippen LogP contribution in [0.3, 0.4) is 0 Å². The van der Waals surface area contributed by atoms with Gasteiger partial charge in [-0.1, -0.05) is 11.6 Å². The number of amides is 1. The molecule has 1 aromatic rings. The fraction of sp³-hybridized carbons (Fsp3) is 0.462. The summed E-state index contributed by atoms with van der Waals surface area (Å²) in [4.78, 5) is 11.5. The Morgan fingerprint density at radius 3 is 2.67 bits per heavy atom. The van der Waals surface area contributed by atoms with Crippen LogP contribution in [0.25, 0.3) is 0 Å². The van der Waals surface area contributed by atoms with Crippen LogP contribution in [-0.2, 0) is 14.8 Å². The highest BCUT2D eigenvalue weighted by Crippen LogP contribution is 2.28. The minimum absolute atomic E-state index is 0.0129. The van der Waals surface area contributed by atoms with Crippen molar-refractivity contribution in [2.45, 2.75) is 24.7 Å². The minimum atomic E-state index is -3.67. The number of halogens is 1. The number of carbonyl (C=O) groups excluding carboxylic acids is 1. The first-order valence-electron chi connectivity index (χ1n) is 6.64. The monoisotopic (exact) mass is 331 g/mol. The van der Waals surface area contributed by atoms with Crippen LogP contribution in [0.4, 0.5) is 5.69 Å². The smallest absolute Gasteiger partial charge is 0.240 e. The molecule has 0 radical (unpaired) electrons. The number of anilines is 1. The van der Waals surface area contributed by atoms with Gasteiger partial charge in [-0.3, -0.25) is 4.79 Å². The molecule has 1 saturated carbocycles. The number of rotatable bonds is 6. The summed E-state index contributed by atoms with van der Waals surface area (Å²) in [6.45, 7) is 2.04. The summed E-state index contributed by atoms with van der Waals surface area (Å²) in [5, 5.41) is 3.01. The van der Waals surface area contributed by atoms with Crippen LogP contribution in [0.2, 0.25) is 5.02 Å². The maximum absolute atomic E-state index is 12.2. The summed E-state index contributed by atoms with van der Waals surface area (Å²) in [7, 11) is -3.67. The van der Waals surface area contributed by atoms with Crippen molar-refractivity contribution in [2.24, 2.45) is 5.92 Å². The number of benzene rings is 1. The highest BCUT2D eigenvalue weighted by atomic mass is 35.5. The van der Waals surface area contributed by atoms with Crippen LogP contribution in [0, 0.1) is 12.8 Å². The summed E-state index contributed by atoms with van der Waals surface area (Å²) in [6.07, 6.45) is 1.83. The lowest BCUT2D eigenvalue weighted by Gasteiger charge is -2.11. The van der Waals surface area contributed by atoms with E-state index in [9.17, 15) is 13.2 Å². The third kappa shape index (κ3) is 4.09. The van der Waals surface area contributed by atoms with Gasteiger partial charge in [-0.2, -0.15) is 0 Å². The quantitative estimate of drug-likeness (QED) is 0.535. The predicted octanol–water partition coefficient (Wildman–Crippen LogP) is 1.04. The zero-order valence-electron chi connectivity index (χ0n) is 11.6. The first-order chi connectivity index (χ1) is 9.81. The fourth-order valence-corrected chi connectivity index (χ4v) is 3.41. The van der Waals surface area contributed by atoms with Gasteiger partial charge in [0.05, 0.1) is 15.6 Å². The van der Waals surface area contributed by atoms with Crippen molar-refractivity contribution in [3.8, 4) is 0 Å². The number of carbonyl (C=O) groups is 1. The van der Waals surface area contributed by atoms with E-state index >= 15 is 0 Å². The fourth-order valence-electron chi connectivity index (χ4n) is 1.90. The molecule has 0 unspecified atom stereocenters. The van der Waals surface area contributed by atoms with Crippen LogP contribution in [0.5, 0.6) is 0 Å². The largest absolute Gasteiger partial charge is 0.397 e. The molecular formula is C13H18ClN3O3S. The van der Waals surface area contributed by atoms with E-state index < -0.39 is 10.0 Å². The molecule has 2 rings (SSSR count). The standard InChI is InChI=1S/C13H18ClN3O3S/c1-8-6-10(14)11(15)7-12(8)21(19,20)17-5-4-16-13(18)9-2-3-9/h6-7,9,17H,2-5,15H2,1H3,(H,16,18). The number of nitrogens with two attached hydrogens (primary N) is 1. The first-order valence-corrected chi connectivity index (χ1v) is 8.50. The summed E-state index contributed by atoms with van der Waals surface area (Å²) < 4.78 is 26.8. The lowest BCUT2D eigenvalue weighted by molar-refractivity contribution is -0.122. The van der Waals surface area contributed by atoms with E-state index in [1.54, 1.807) is 6.92 Å². The van der Waals surface area contributed by atoms with Gasteiger partial charge in [0.15, 0.2) is 0 Å². The lowest BCUT2D eigenvalue weighted by Crippen LogP contribution is -2.35. The van der Waals surface area contributed by atoms with E-state index in [1.165, 1.54) is 12.1 Å². The summed E-state index contributed by atoms with van der Waals surface area (Å²) in [5.41, 5.74) is 6.37. The number of nitrogen functional groups attached to an aromatic ring is 1. The molecule has 8 heteroatoms. The Morgan fingerprint density at radius 2 is 2.05 bits per heavy atom. The maximum Gasteiger partial charge on any atom is 0.240 e. The molecule has 6 nitrogen and oxygen atoms in total. The van der Waals surface area contributed by atoms with Gasteiger partial charge in [0.1, 0.15) is 0 Å². The molecule has 116 valence electrons. The Morgan fingerprint density at radius 1 is 1.38 bits per heavy atom. The van der Waals surface area contributed by atoms with Gasteiger partial charge >= 0.3 is 0 Å². The van der Waals surface area contributed by atoms with Gasteiger partial charge in [0, 0.05) is 19.0 Å². The topological polar surface area (TPSA) is 101 Å². The molecule has 0 aliphatic heterocycles. The SMILES string of the molecule is Cc1cc(Cl)c(N)cc1S(=O)(=O)NCCNC(=O)C1CC1. The van der Waals surface area contributed by atoms with Gasteiger partial charge < -0.3 is 11.1 Å². The van der Waals surface area contributed by atoms with E-state index in [0.29, 0.717) is 10.6 Å². The van der Waals surface area contributed by atoms with E-state index in [-0.39, 0.29) is 35.5 Å². The van der Waals surface area contributed by atoms with Gasteiger partial charge in [-0.15, -0.1) is 0 Å². The van der Waals surface area contributed by atoms with Gasteiger partial charge in [0.25, 0.3) is 0 Å². The first kappa shape index (κ1) is 16.1. The van der Waals surface area contributed by atoms with Gasteiger partial charge in [0.2, 0.25) is 15.9 Å². The molecule has 1 fully saturated rings. The second kappa shape index (κ2) is 6.21. The van der Waals surface area contributed by atoms with Gasteiger partial charge in [-0.05, 0) is 37.5 Å². The molecule has 1 aliphatic carbocycles. The zero-order chi connectivity index (χ0) is 15.6. The zero-order valence-corrected chi connectivity index (χ0v) is 13.2. The molecule has 0 spiro atoms. The highest BCUT2D eigenvalue weighted by molar-refractivity contribution is 7.89.